The number of rotatable bonds is 4. The smallest absolute Gasteiger partial charge is 0.276 e. The summed E-state index contributed by atoms with van der Waals surface area (Å²) < 4.78 is 0. The number of nitrogens with zero attached hydrogens (tertiary/aromatic N) is 2. The first-order chi connectivity index (χ1) is 8.01. The van der Waals surface area contributed by atoms with E-state index >= 15 is 0 Å². The normalized spacial score (nSPS) is 13.8. The highest BCUT2D eigenvalue weighted by atomic mass is 35.5. The molecule has 0 amide bonds. The molecule has 0 fully saturated rings. The number of aliphatic hydroxyl groups is 2. The summed E-state index contributed by atoms with van der Waals surface area (Å²) in [6.07, 6.45) is -2.76. The van der Waals surface area contributed by atoms with Crippen LogP contribution in [-0.2, 0) is 0 Å². The van der Waals surface area contributed by atoms with Crippen LogP contribution < -0.4 is 0 Å². The van der Waals surface area contributed by atoms with E-state index in [9.17, 15) is 20.3 Å². The van der Waals surface area contributed by atoms with Gasteiger partial charge in [-0.3, -0.25) is 10.1 Å². The van der Waals surface area contributed by atoms with E-state index in [4.69, 9.17) is 16.9 Å². The number of aliphatic hydroxyl groups excluding tert-OH is 2. The summed E-state index contributed by atoms with van der Waals surface area (Å²) in [6, 6.07) is 5.36. The predicted octanol–water partition coefficient (Wildman–Crippen LogP) is 1.10. The van der Waals surface area contributed by atoms with E-state index in [0.29, 0.717) is 0 Å². The molecule has 0 aliphatic rings. The lowest BCUT2D eigenvalue weighted by Gasteiger charge is -2.15. The highest BCUT2D eigenvalue weighted by Gasteiger charge is 2.26. The Bertz CT molecular complexity index is 472. The predicted molar refractivity (Wildman–Crippen MR) is 59.5 cm³/mol. The van der Waals surface area contributed by atoms with Crippen molar-refractivity contribution >= 4 is 17.3 Å². The lowest BCUT2D eigenvalue weighted by Crippen LogP contribution is -2.20. The van der Waals surface area contributed by atoms with Crippen molar-refractivity contribution in [2.45, 2.75) is 12.2 Å². The van der Waals surface area contributed by atoms with Gasteiger partial charge in [0.1, 0.15) is 6.10 Å². The molecule has 0 saturated carbocycles. The molecule has 1 aromatic rings. The summed E-state index contributed by atoms with van der Waals surface area (Å²) in [5, 5.41) is 38.4. The zero-order valence-corrected chi connectivity index (χ0v) is 9.33. The van der Waals surface area contributed by atoms with E-state index in [1.54, 1.807) is 6.07 Å². The Morgan fingerprint density at radius 2 is 2.18 bits per heavy atom. The number of nitro groups is 1. The van der Waals surface area contributed by atoms with Crippen molar-refractivity contribution < 1.29 is 15.1 Å². The third-order valence-corrected chi connectivity index (χ3v) is 2.51. The fourth-order valence-electron chi connectivity index (χ4n) is 1.31. The van der Waals surface area contributed by atoms with E-state index in [1.807, 2.05) is 0 Å². The molecule has 1 aromatic carbocycles. The monoisotopic (exact) mass is 256 g/mol. The molecule has 0 spiro atoms. The van der Waals surface area contributed by atoms with Gasteiger partial charge in [0.25, 0.3) is 5.69 Å². The number of benzene rings is 1. The first-order valence-corrected chi connectivity index (χ1v) is 5.15. The molecule has 2 atom stereocenters. The van der Waals surface area contributed by atoms with E-state index in [0.717, 1.165) is 6.07 Å². The Hall–Kier alpha value is -1.68. The molecule has 6 nitrogen and oxygen atoms in total. The fourth-order valence-corrected chi connectivity index (χ4v) is 1.48. The van der Waals surface area contributed by atoms with Crippen molar-refractivity contribution in [3.8, 4) is 6.07 Å². The van der Waals surface area contributed by atoms with Crippen molar-refractivity contribution in [1.82, 2.24) is 0 Å². The molecule has 7 heteroatoms. The second-order valence-corrected chi connectivity index (χ2v) is 3.62. The van der Waals surface area contributed by atoms with E-state index < -0.39 is 22.8 Å². The zero-order chi connectivity index (χ0) is 13.0. The van der Waals surface area contributed by atoms with Crippen LogP contribution in [0.5, 0.6) is 0 Å². The third-order valence-electron chi connectivity index (χ3n) is 2.20. The van der Waals surface area contributed by atoms with Crippen molar-refractivity contribution in [2.24, 2.45) is 0 Å². The van der Waals surface area contributed by atoms with E-state index in [2.05, 4.69) is 0 Å². The van der Waals surface area contributed by atoms with Crippen molar-refractivity contribution in [2.75, 3.05) is 5.88 Å². The summed E-state index contributed by atoms with van der Waals surface area (Å²) in [5.41, 5.74) is -0.379. The molecule has 17 heavy (non-hydrogen) atoms. The number of hydrogen-bond donors (Lipinski definition) is 2. The minimum Gasteiger partial charge on any atom is -0.389 e. The Kier molecular flexibility index (Phi) is 4.40. The molecule has 0 saturated heterocycles. The third kappa shape index (κ3) is 2.91. The average molecular weight is 257 g/mol. The SMILES string of the molecule is N#Cc1ccc(C(O)C(O)CCl)c([N+](=O)[O-])c1. The Morgan fingerprint density at radius 1 is 1.53 bits per heavy atom. The minimum atomic E-state index is -1.46. The van der Waals surface area contributed by atoms with Crippen LogP contribution in [-0.4, -0.2) is 27.1 Å². The molecule has 0 aliphatic heterocycles. The number of alkyl halides is 1. The molecule has 90 valence electrons. The molecule has 0 radical (unpaired) electrons. The van der Waals surface area contributed by atoms with Gasteiger partial charge in [0.2, 0.25) is 0 Å². The molecule has 1 rings (SSSR count). The van der Waals surface area contributed by atoms with Crippen LogP contribution in [0.25, 0.3) is 0 Å². The molecule has 2 N–H and O–H groups in total. The van der Waals surface area contributed by atoms with Gasteiger partial charge in [0.15, 0.2) is 0 Å². The van der Waals surface area contributed by atoms with Gasteiger partial charge in [-0.05, 0) is 12.1 Å². The maximum atomic E-state index is 10.8. The number of nitro benzene ring substituents is 1. The molecule has 0 heterocycles. The first-order valence-electron chi connectivity index (χ1n) is 4.61. The molecular weight excluding hydrogens is 248 g/mol. The Morgan fingerprint density at radius 3 is 2.65 bits per heavy atom. The van der Waals surface area contributed by atoms with E-state index in [-0.39, 0.29) is 17.0 Å². The summed E-state index contributed by atoms with van der Waals surface area (Å²) >= 11 is 5.36. The largest absolute Gasteiger partial charge is 0.389 e. The Labute approximate surface area is 102 Å². The lowest BCUT2D eigenvalue weighted by atomic mass is 10.0. The second kappa shape index (κ2) is 5.59. The van der Waals surface area contributed by atoms with Crippen LogP contribution in [0.3, 0.4) is 0 Å². The van der Waals surface area contributed by atoms with Crippen LogP contribution in [0.1, 0.15) is 17.2 Å². The van der Waals surface area contributed by atoms with Crippen LogP contribution in [0.2, 0.25) is 0 Å². The van der Waals surface area contributed by atoms with Crippen molar-refractivity contribution in [3.63, 3.8) is 0 Å². The second-order valence-electron chi connectivity index (χ2n) is 3.31. The molecule has 0 bridgehead atoms. The van der Waals surface area contributed by atoms with Crippen molar-refractivity contribution in [1.29, 1.82) is 5.26 Å². The van der Waals surface area contributed by atoms with Crippen LogP contribution in [0.15, 0.2) is 18.2 Å². The van der Waals surface area contributed by atoms with Gasteiger partial charge in [0.05, 0.1) is 34.1 Å². The number of halogens is 1. The van der Waals surface area contributed by atoms with E-state index in [1.165, 1.54) is 12.1 Å². The van der Waals surface area contributed by atoms with Gasteiger partial charge < -0.3 is 10.2 Å². The van der Waals surface area contributed by atoms with Gasteiger partial charge in [-0.2, -0.15) is 5.26 Å². The molecule has 0 aliphatic carbocycles. The van der Waals surface area contributed by atoms with Crippen LogP contribution >= 0.6 is 11.6 Å². The molecular formula is C10H9ClN2O4. The summed E-state index contributed by atoms with van der Waals surface area (Å²) in [6.45, 7) is 0. The lowest BCUT2D eigenvalue weighted by molar-refractivity contribution is -0.386. The standard InChI is InChI=1S/C10H9ClN2O4/c11-4-9(14)10(15)7-2-1-6(5-12)3-8(7)13(16)17/h1-3,9-10,14-15H,4H2. The number of hydrogen-bond acceptors (Lipinski definition) is 5. The van der Waals surface area contributed by atoms with Crippen LogP contribution in [0, 0.1) is 21.4 Å². The van der Waals surface area contributed by atoms with Crippen LogP contribution in [0.4, 0.5) is 5.69 Å². The quantitative estimate of drug-likeness (QED) is 0.476. The van der Waals surface area contributed by atoms with Crippen molar-refractivity contribution in [3.05, 3.63) is 39.4 Å². The highest BCUT2D eigenvalue weighted by molar-refractivity contribution is 6.18. The highest BCUT2D eigenvalue weighted by Crippen LogP contribution is 2.28. The van der Waals surface area contributed by atoms with Gasteiger partial charge in [-0.1, -0.05) is 0 Å². The summed E-state index contributed by atoms with van der Waals surface area (Å²) in [7, 11) is 0. The summed E-state index contributed by atoms with van der Waals surface area (Å²) in [5.74, 6) is -0.252. The number of nitriles is 1. The maximum absolute atomic E-state index is 10.8. The average Bonchev–Trinajstić information content (AvgIpc) is 2.35. The minimum absolute atomic E-state index is 0.0675. The van der Waals surface area contributed by atoms with Gasteiger partial charge in [-0.15, -0.1) is 11.6 Å². The summed E-state index contributed by atoms with van der Waals surface area (Å²) in [4.78, 5) is 10.1. The maximum Gasteiger partial charge on any atom is 0.276 e. The topological polar surface area (TPSA) is 107 Å². The fraction of sp³-hybridized carbons (Fsp3) is 0.300. The Balaban J connectivity index is 3.24. The molecule has 2 unspecified atom stereocenters. The van der Waals surface area contributed by atoms with Gasteiger partial charge in [0, 0.05) is 6.07 Å². The van der Waals surface area contributed by atoms with Gasteiger partial charge in [-0.25, -0.2) is 0 Å². The molecule has 0 aromatic heterocycles. The first kappa shape index (κ1) is 13.4. The zero-order valence-electron chi connectivity index (χ0n) is 8.58. The van der Waals surface area contributed by atoms with Gasteiger partial charge >= 0.3 is 0 Å².